The van der Waals surface area contributed by atoms with E-state index in [1.54, 1.807) is 24.3 Å². The van der Waals surface area contributed by atoms with E-state index in [1.807, 2.05) is 0 Å². The Morgan fingerprint density at radius 2 is 2.00 bits per heavy atom. The maximum Gasteiger partial charge on any atom is 0.315 e. The number of aromatic hydroxyl groups is 1. The average molecular weight is 237 g/mol. The molecule has 0 fully saturated rings. The van der Waals surface area contributed by atoms with Gasteiger partial charge in [0.15, 0.2) is 0 Å². The Bertz CT molecular complexity index is 417. The third-order valence-corrected chi connectivity index (χ3v) is 2.45. The van der Waals surface area contributed by atoms with E-state index in [0.717, 1.165) is 5.56 Å². The molecule has 0 saturated carbocycles. The van der Waals surface area contributed by atoms with Crippen molar-refractivity contribution in [3.8, 4) is 5.75 Å². The highest BCUT2D eigenvalue weighted by Crippen LogP contribution is 2.15. The minimum absolute atomic E-state index is 0.174. The van der Waals surface area contributed by atoms with Gasteiger partial charge in [0, 0.05) is 6.54 Å². The second kappa shape index (κ2) is 5.89. The molecular formula is C12H15NO4. The average Bonchev–Trinajstić information content (AvgIpc) is 2.30. The van der Waals surface area contributed by atoms with E-state index in [1.165, 1.54) is 6.92 Å². The van der Waals surface area contributed by atoms with Crippen LogP contribution in [-0.4, -0.2) is 28.6 Å². The minimum Gasteiger partial charge on any atom is -0.508 e. The van der Waals surface area contributed by atoms with Crippen molar-refractivity contribution in [1.29, 1.82) is 0 Å². The number of rotatable bonds is 5. The van der Waals surface area contributed by atoms with Gasteiger partial charge in [-0.25, -0.2) is 0 Å². The van der Waals surface area contributed by atoms with E-state index in [2.05, 4.69) is 5.32 Å². The van der Waals surface area contributed by atoms with Crippen molar-refractivity contribution in [2.45, 2.75) is 13.3 Å². The first-order valence-corrected chi connectivity index (χ1v) is 5.29. The second-order valence-corrected chi connectivity index (χ2v) is 3.73. The highest BCUT2D eigenvalue weighted by atomic mass is 16.4. The van der Waals surface area contributed by atoms with E-state index in [-0.39, 0.29) is 5.75 Å². The largest absolute Gasteiger partial charge is 0.508 e. The summed E-state index contributed by atoms with van der Waals surface area (Å²) in [6.45, 7) is 1.63. The van der Waals surface area contributed by atoms with Crippen LogP contribution in [0.15, 0.2) is 24.3 Å². The van der Waals surface area contributed by atoms with Gasteiger partial charge < -0.3 is 15.5 Å². The van der Waals surface area contributed by atoms with Gasteiger partial charge in [-0.3, -0.25) is 9.59 Å². The van der Waals surface area contributed by atoms with Crippen LogP contribution in [-0.2, 0) is 16.0 Å². The van der Waals surface area contributed by atoms with Crippen molar-refractivity contribution >= 4 is 11.9 Å². The van der Waals surface area contributed by atoms with Gasteiger partial charge in [-0.1, -0.05) is 18.2 Å². The van der Waals surface area contributed by atoms with E-state index in [9.17, 15) is 14.7 Å². The Morgan fingerprint density at radius 3 is 2.59 bits per heavy atom. The lowest BCUT2D eigenvalue weighted by Gasteiger charge is -2.08. The molecule has 92 valence electrons. The Morgan fingerprint density at radius 1 is 1.35 bits per heavy atom. The predicted octanol–water partition coefficient (Wildman–Crippen LogP) is 0.772. The predicted molar refractivity (Wildman–Crippen MR) is 61.6 cm³/mol. The molecular weight excluding hydrogens is 222 g/mol. The number of carbonyl (C=O) groups excluding carboxylic acids is 1. The smallest absolute Gasteiger partial charge is 0.315 e. The van der Waals surface area contributed by atoms with Gasteiger partial charge in [-0.2, -0.15) is 0 Å². The van der Waals surface area contributed by atoms with Gasteiger partial charge in [0.05, 0.1) is 0 Å². The van der Waals surface area contributed by atoms with Gasteiger partial charge in [0.2, 0.25) is 5.91 Å². The molecule has 1 rings (SSSR count). The van der Waals surface area contributed by atoms with Crippen molar-refractivity contribution < 1.29 is 19.8 Å². The molecule has 1 atom stereocenters. The molecule has 0 heterocycles. The fourth-order valence-electron chi connectivity index (χ4n) is 1.31. The molecule has 5 nitrogen and oxygen atoms in total. The lowest BCUT2D eigenvalue weighted by atomic mass is 10.1. The summed E-state index contributed by atoms with van der Waals surface area (Å²) >= 11 is 0. The molecule has 0 spiro atoms. The fraction of sp³-hybridized carbons (Fsp3) is 0.333. The monoisotopic (exact) mass is 237 g/mol. The molecule has 0 aliphatic heterocycles. The third kappa shape index (κ3) is 3.79. The number of nitrogens with one attached hydrogen (secondary N) is 1. The topological polar surface area (TPSA) is 86.6 Å². The van der Waals surface area contributed by atoms with Gasteiger partial charge in [0.25, 0.3) is 0 Å². The van der Waals surface area contributed by atoms with Crippen LogP contribution in [0.1, 0.15) is 12.5 Å². The summed E-state index contributed by atoms with van der Waals surface area (Å²) in [7, 11) is 0. The number of hydrogen-bond acceptors (Lipinski definition) is 3. The SMILES string of the molecule is CC(C(=O)O)C(=O)NCCc1ccccc1O. The number of carboxylic acids is 1. The first kappa shape index (κ1) is 13.0. The first-order chi connectivity index (χ1) is 8.02. The quantitative estimate of drug-likeness (QED) is 0.660. The lowest BCUT2D eigenvalue weighted by Crippen LogP contribution is -2.34. The molecule has 0 saturated heterocycles. The number of para-hydroxylation sites is 1. The number of hydrogen-bond donors (Lipinski definition) is 3. The van der Waals surface area contributed by atoms with Crippen molar-refractivity contribution in [2.75, 3.05) is 6.54 Å². The van der Waals surface area contributed by atoms with Crippen LogP contribution < -0.4 is 5.32 Å². The van der Waals surface area contributed by atoms with E-state index in [0.29, 0.717) is 13.0 Å². The van der Waals surface area contributed by atoms with Crippen molar-refractivity contribution in [1.82, 2.24) is 5.32 Å². The Balaban J connectivity index is 2.41. The van der Waals surface area contributed by atoms with Crippen LogP contribution >= 0.6 is 0 Å². The maximum atomic E-state index is 11.3. The summed E-state index contributed by atoms with van der Waals surface area (Å²) in [5.74, 6) is -2.55. The van der Waals surface area contributed by atoms with Crippen molar-refractivity contribution in [3.05, 3.63) is 29.8 Å². The number of phenols is 1. The minimum atomic E-state index is -1.15. The van der Waals surface area contributed by atoms with Crippen LogP contribution in [0.3, 0.4) is 0 Å². The summed E-state index contributed by atoms with van der Waals surface area (Å²) in [5.41, 5.74) is 0.718. The number of benzene rings is 1. The second-order valence-electron chi connectivity index (χ2n) is 3.73. The summed E-state index contributed by atoms with van der Waals surface area (Å²) in [4.78, 5) is 21.8. The lowest BCUT2D eigenvalue weighted by molar-refractivity contribution is -0.146. The molecule has 1 aromatic carbocycles. The van der Waals surface area contributed by atoms with Gasteiger partial charge >= 0.3 is 5.97 Å². The van der Waals surface area contributed by atoms with Crippen LogP contribution in [0, 0.1) is 5.92 Å². The van der Waals surface area contributed by atoms with Gasteiger partial charge in [-0.15, -0.1) is 0 Å². The molecule has 0 bridgehead atoms. The standard InChI is InChI=1S/C12H15NO4/c1-8(12(16)17)11(15)13-7-6-9-4-2-3-5-10(9)14/h2-5,8,14H,6-7H2,1H3,(H,13,15)(H,16,17). The number of carboxylic acid groups (broad SMARTS) is 1. The number of aliphatic carboxylic acids is 1. The molecule has 1 aromatic rings. The van der Waals surface area contributed by atoms with Crippen molar-refractivity contribution in [2.24, 2.45) is 5.92 Å². The highest BCUT2D eigenvalue weighted by Gasteiger charge is 2.19. The summed E-state index contributed by atoms with van der Waals surface area (Å²) in [6.07, 6.45) is 0.463. The van der Waals surface area contributed by atoms with Crippen LogP contribution in [0.5, 0.6) is 5.75 Å². The summed E-state index contributed by atoms with van der Waals surface area (Å²) in [6, 6.07) is 6.82. The molecule has 5 heteroatoms. The highest BCUT2D eigenvalue weighted by molar-refractivity contribution is 5.96. The Kier molecular flexibility index (Phi) is 4.51. The molecule has 0 radical (unpaired) electrons. The molecule has 1 amide bonds. The van der Waals surface area contributed by atoms with Crippen molar-refractivity contribution in [3.63, 3.8) is 0 Å². The summed E-state index contributed by atoms with van der Waals surface area (Å²) in [5, 5.41) is 20.6. The summed E-state index contributed by atoms with van der Waals surface area (Å²) < 4.78 is 0. The molecule has 17 heavy (non-hydrogen) atoms. The number of carbonyl (C=O) groups is 2. The Labute approximate surface area is 99.1 Å². The molecule has 3 N–H and O–H groups in total. The fourth-order valence-corrected chi connectivity index (χ4v) is 1.31. The zero-order valence-corrected chi connectivity index (χ0v) is 9.51. The number of amides is 1. The van der Waals surface area contributed by atoms with Gasteiger partial charge in [0.1, 0.15) is 11.7 Å². The normalized spacial score (nSPS) is 11.8. The molecule has 0 aliphatic carbocycles. The van der Waals surface area contributed by atoms with E-state index >= 15 is 0 Å². The van der Waals surface area contributed by atoms with Crippen LogP contribution in [0.2, 0.25) is 0 Å². The van der Waals surface area contributed by atoms with E-state index in [4.69, 9.17) is 5.11 Å². The van der Waals surface area contributed by atoms with Crippen LogP contribution in [0.25, 0.3) is 0 Å². The van der Waals surface area contributed by atoms with Gasteiger partial charge in [-0.05, 0) is 25.0 Å². The Hall–Kier alpha value is -2.04. The zero-order chi connectivity index (χ0) is 12.8. The van der Waals surface area contributed by atoms with E-state index < -0.39 is 17.8 Å². The third-order valence-electron chi connectivity index (χ3n) is 2.45. The molecule has 0 aromatic heterocycles. The maximum absolute atomic E-state index is 11.3. The number of phenolic OH excluding ortho intramolecular Hbond substituents is 1. The van der Waals surface area contributed by atoms with Crippen LogP contribution in [0.4, 0.5) is 0 Å². The first-order valence-electron chi connectivity index (χ1n) is 5.29. The zero-order valence-electron chi connectivity index (χ0n) is 9.51. The molecule has 1 unspecified atom stereocenters. The molecule has 0 aliphatic rings.